The van der Waals surface area contributed by atoms with E-state index in [1.54, 1.807) is 19.0 Å². The van der Waals surface area contributed by atoms with Crippen LogP contribution in [0.2, 0.25) is 0 Å². The van der Waals surface area contributed by atoms with Crippen molar-refractivity contribution in [3.05, 3.63) is 0 Å². The minimum atomic E-state index is 0.178. The van der Waals surface area contributed by atoms with Crippen molar-refractivity contribution in [2.75, 3.05) is 34.2 Å². The first kappa shape index (κ1) is 13.4. The third kappa shape index (κ3) is 5.19. The van der Waals surface area contributed by atoms with Crippen LogP contribution >= 0.6 is 0 Å². The van der Waals surface area contributed by atoms with Gasteiger partial charge in [-0.25, -0.2) is 0 Å². The summed E-state index contributed by atoms with van der Waals surface area (Å²) < 4.78 is 0. The molecule has 4 heteroatoms. The summed E-state index contributed by atoms with van der Waals surface area (Å²) in [4.78, 5) is 15.1. The normalized spacial score (nSPS) is 13.0. The monoisotopic (exact) mass is 201 g/mol. The van der Waals surface area contributed by atoms with Crippen LogP contribution in [-0.2, 0) is 4.79 Å². The van der Waals surface area contributed by atoms with E-state index < -0.39 is 0 Å². The molecule has 0 aromatic heterocycles. The van der Waals surface area contributed by atoms with Crippen molar-refractivity contribution >= 4 is 5.91 Å². The van der Waals surface area contributed by atoms with Crippen molar-refractivity contribution in [2.24, 2.45) is 5.73 Å². The van der Waals surface area contributed by atoms with Gasteiger partial charge in [-0.3, -0.25) is 4.79 Å². The average Bonchev–Trinajstić information content (AvgIpc) is 2.13. The molecule has 84 valence electrons. The molecule has 0 aliphatic heterocycles. The summed E-state index contributed by atoms with van der Waals surface area (Å²) in [5.74, 6) is 0.178. The molecular weight excluding hydrogens is 178 g/mol. The van der Waals surface area contributed by atoms with Gasteiger partial charge >= 0.3 is 0 Å². The van der Waals surface area contributed by atoms with Crippen LogP contribution in [0.25, 0.3) is 0 Å². The summed E-state index contributed by atoms with van der Waals surface area (Å²) in [6.45, 7) is 3.64. The first-order valence-corrected chi connectivity index (χ1v) is 5.09. The van der Waals surface area contributed by atoms with E-state index in [4.69, 9.17) is 5.73 Å². The van der Waals surface area contributed by atoms with E-state index in [0.29, 0.717) is 19.0 Å². The number of rotatable bonds is 6. The molecule has 0 spiro atoms. The van der Waals surface area contributed by atoms with E-state index in [0.717, 1.165) is 13.0 Å². The molecule has 0 rings (SSSR count). The summed E-state index contributed by atoms with van der Waals surface area (Å²) in [6, 6.07) is 0.454. The highest BCUT2D eigenvalue weighted by Gasteiger charge is 2.10. The van der Waals surface area contributed by atoms with Gasteiger partial charge in [-0.1, -0.05) is 0 Å². The third-order valence-electron chi connectivity index (χ3n) is 2.51. The van der Waals surface area contributed by atoms with Gasteiger partial charge in [0.05, 0.1) is 0 Å². The minimum absolute atomic E-state index is 0.178. The fourth-order valence-corrected chi connectivity index (χ4v) is 1.18. The smallest absolute Gasteiger partial charge is 0.223 e. The van der Waals surface area contributed by atoms with E-state index in [9.17, 15) is 4.79 Å². The summed E-state index contributed by atoms with van der Waals surface area (Å²) in [5, 5.41) is 0. The largest absolute Gasteiger partial charge is 0.349 e. The van der Waals surface area contributed by atoms with Gasteiger partial charge in [0.2, 0.25) is 5.91 Å². The highest BCUT2D eigenvalue weighted by Crippen LogP contribution is 2.01. The maximum absolute atomic E-state index is 11.3. The Morgan fingerprint density at radius 1 is 1.36 bits per heavy atom. The molecule has 2 N–H and O–H groups in total. The van der Waals surface area contributed by atoms with Gasteiger partial charge in [-0.2, -0.15) is 0 Å². The van der Waals surface area contributed by atoms with Gasteiger partial charge in [0.15, 0.2) is 0 Å². The second-order valence-electron chi connectivity index (χ2n) is 3.95. The maximum atomic E-state index is 11.3. The molecular formula is C10H23N3O. The van der Waals surface area contributed by atoms with Crippen molar-refractivity contribution in [1.82, 2.24) is 9.80 Å². The Balaban J connectivity index is 3.72. The molecule has 0 aromatic carbocycles. The molecule has 1 atom stereocenters. The quantitative estimate of drug-likeness (QED) is 0.665. The predicted octanol–water partition coefficient (Wildman–Crippen LogP) is 0.134. The lowest BCUT2D eigenvalue weighted by Crippen LogP contribution is -2.34. The van der Waals surface area contributed by atoms with Gasteiger partial charge in [-0.05, 0) is 26.9 Å². The van der Waals surface area contributed by atoms with Crippen LogP contribution in [0.5, 0.6) is 0 Å². The second kappa shape index (κ2) is 6.79. The van der Waals surface area contributed by atoms with Crippen LogP contribution in [0, 0.1) is 0 Å². The van der Waals surface area contributed by atoms with Crippen LogP contribution in [0.15, 0.2) is 0 Å². The molecule has 0 saturated heterocycles. The van der Waals surface area contributed by atoms with E-state index in [-0.39, 0.29) is 5.91 Å². The Labute approximate surface area is 87.0 Å². The zero-order chi connectivity index (χ0) is 11.1. The van der Waals surface area contributed by atoms with Gasteiger partial charge in [0.25, 0.3) is 0 Å². The lowest BCUT2D eigenvalue weighted by molar-refractivity contribution is -0.129. The lowest BCUT2D eigenvalue weighted by atomic mass is 10.2. The van der Waals surface area contributed by atoms with Gasteiger partial charge in [-0.15, -0.1) is 0 Å². The summed E-state index contributed by atoms with van der Waals surface area (Å²) in [6.07, 6.45) is 1.56. The summed E-state index contributed by atoms with van der Waals surface area (Å²) in [7, 11) is 5.60. The van der Waals surface area contributed by atoms with Crippen molar-refractivity contribution < 1.29 is 4.79 Å². The fraction of sp³-hybridized carbons (Fsp3) is 0.900. The van der Waals surface area contributed by atoms with Crippen LogP contribution in [-0.4, -0.2) is 56.0 Å². The molecule has 0 aliphatic carbocycles. The number of nitrogens with two attached hydrogens (primary N) is 1. The topological polar surface area (TPSA) is 49.6 Å². The number of carbonyl (C=O) groups is 1. The number of nitrogens with zero attached hydrogens (tertiary/aromatic N) is 2. The van der Waals surface area contributed by atoms with Crippen LogP contribution in [0.1, 0.15) is 19.8 Å². The second-order valence-corrected chi connectivity index (χ2v) is 3.95. The Bertz CT molecular complexity index is 171. The first-order chi connectivity index (χ1) is 6.49. The standard InChI is InChI=1S/C10H23N3O/c1-9(5-7-11)13(4)8-6-10(14)12(2)3/h9H,5-8,11H2,1-4H3. The number of amides is 1. The number of hydrogen-bond donors (Lipinski definition) is 1. The number of carbonyl (C=O) groups excluding carboxylic acids is 1. The van der Waals surface area contributed by atoms with Crippen molar-refractivity contribution in [3.8, 4) is 0 Å². The zero-order valence-electron chi connectivity index (χ0n) is 9.79. The molecule has 0 saturated carbocycles. The number of hydrogen-bond acceptors (Lipinski definition) is 3. The Hall–Kier alpha value is -0.610. The Morgan fingerprint density at radius 2 is 1.93 bits per heavy atom. The van der Waals surface area contributed by atoms with Gasteiger partial charge in [0, 0.05) is 33.1 Å². The highest BCUT2D eigenvalue weighted by molar-refractivity contribution is 5.75. The molecule has 1 unspecified atom stereocenters. The first-order valence-electron chi connectivity index (χ1n) is 5.09. The van der Waals surface area contributed by atoms with Crippen molar-refractivity contribution in [1.29, 1.82) is 0 Å². The molecule has 0 bridgehead atoms. The highest BCUT2D eigenvalue weighted by atomic mass is 16.2. The minimum Gasteiger partial charge on any atom is -0.349 e. The SMILES string of the molecule is CC(CCN)N(C)CCC(=O)N(C)C. The van der Waals surface area contributed by atoms with Gasteiger partial charge in [0.1, 0.15) is 0 Å². The molecule has 0 radical (unpaired) electrons. The Morgan fingerprint density at radius 3 is 2.36 bits per heavy atom. The van der Waals surface area contributed by atoms with E-state index in [1.807, 2.05) is 7.05 Å². The predicted molar refractivity (Wildman–Crippen MR) is 59.1 cm³/mol. The lowest BCUT2D eigenvalue weighted by Gasteiger charge is -2.24. The van der Waals surface area contributed by atoms with E-state index in [1.165, 1.54) is 0 Å². The molecule has 0 fully saturated rings. The molecule has 0 heterocycles. The van der Waals surface area contributed by atoms with Crippen LogP contribution in [0.4, 0.5) is 0 Å². The average molecular weight is 201 g/mol. The summed E-state index contributed by atoms with van der Waals surface area (Å²) >= 11 is 0. The van der Waals surface area contributed by atoms with Crippen LogP contribution in [0.3, 0.4) is 0 Å². The van der Waals surface area contributed by atoms with Crippen molar-refractivity contribution in [2.45, 2.75) is 25.8 Å². The van der Waals surface area contributed by atoms with Gasteiger partial charge < -0.3 is 15.5 Å². The maximum Gasteiger partial charge on any atom is 0.223 e. The van der Waals surface area contributed by atoms with Crippen LogP contribution < -0.4 is 5.73 Å². The fourth-order valence-electron chi connectivity index (χ4n) is 1.18. The van der Waals surface area contributed by atoms with E-state index >= 15 is 0 Å². The molecule has 14 heavy (non-hydrogen) atoms. The third-order valence-corrected chi connectivity index (χ3v) is 2.51. The zero-order valence-corrected chi connectivity index (χ0v) is 9.79. The molecule has 1 amide bonds. The molecule has 0 aromatic rings. The molecule has 0 aliphatic rings. The Kier molecular flexibility index (Phi) is 6.49. The van der Waals surface area contributed by atoms with Crippen molar-refractivity contribution in [3.63, 3.8) is 0 Å². The van der Waals surface area contributed by atoms with E-state index in [2.05, 4.69) is 11.8 Å². The molecule has 4 nitrogen and oxygen atoms in total. The summed E-state index contributed by atoms with van der Waals surface area (Å²) in [5.41, 5.74) is 5.47.